The Balaban J connectivity index is 1.91. The summed E-state index contributed by atoms with van der Waals surface area (Å²) in [6, 6.07) is 4.91. The second kappa shape index (κ2) is 8.04. The zero-order chi connectivity index (χ0) is 21.3. The number of methoxy groups -OCH3 is 1. The summed E-state index contributed by atoms with van der Waals surface area (Å²) >= 11 is 0. The van der Waals surface area contributed by atoms with Gasteiger partial charge in [-0.1, -0.05) is 19.3 Å². The maximum Gasteiger partial charge on any atom is 0.434 e. The van der Waals surface area contributed by atoms with Gasteiger partial charge in [0.1, 0.15) is 17.0 Å². The van der Waals surface area contributed by atoms with E-state index in [2.05, 4.69) is 15.0 Å². The minimum absolute atomic E-state index is 0.00358. The van der Waals surface area contributed by atoms with E-state index in [0.29, 0.717) is 23.2 Å². The van der Waals surface area contributed by atoms with E-state index in [1.807, 2.05) is 0 Å². The monoisotopic (exact) mass is 418 g/mol. The van der Waals surface area contributed by atoms with Crippen LogP contribution in [0.4, 0.5) is 13.2 Å². The number of alkyl halides is 3. The number of ether oxygens (including phenoxy) is 1. The molecule has 0 saturated heterocycles. The first-order valence-electron chi connectivity index (χ1n) is 9.84. The molecule has 0 aliphatic heterocycles. The molecular formula is C21H21F3N4O2. The molecule has 0 unspecified atom stereocenters. The fourth-order valence-electron chi connectivity index (χ4n) is 4.03. The van der Waals surface area contributed by atoms with Gasteiger partial charge in [-0.15, -0.1) is 0 Å². The quantitative estimate of drug-likeness (QED) is 0.632. The second-order valence-corrected chi connectivity index (χ2v) is 7.44. The van der Waals surface area contributed by atoms with Gasteiger partial charge in [0.15, 0.2) is 11.3 Å². The van der Waals surface area contributed by atoms with Gasteiger partial charge in [0.05, 0.1) is 19.9 Å². The van der Waals surface area contributed by atoms with Crippen molar-refractivity contribution >= 4 is 11.2 Å². The van der Waals surface area contributed by atoms with Crippen molar-refractivity contribution in [2.24, 2.45) is 0 Å². The van der Waals surface area contributed by atoms with E-state index in [9.17, 15) is 18.0 Å². The topological polar surface area (TPSA) is 69.9 Å². The molecule has 0 aromatic carbocycles. The molecule has 0 spiro atoms. The molecule has 9 heteroatoms. The molecule has 158 valence electrons. The molecule has 0 bridgehead atoms. The second-order valence-electron chi connectivity index (χ2n) is 7.44. The lowest BCUT2D eigenvalue weighted by Gasteiger charge is -2.23. The van der Waals surface area contributed by atoms with Crippen molar-refractivity contribution in [3.63, 3.8) is 0 Å². The number of nitrogens with zero attached hydrogens (tertiary/aromatic N) is 4. The summed E-state index contributed by atoms with van der Waals surface area (Å²) < 4.78 is 46.3. The summed E-state index contributed by atoms with van der Waals surface area (Å²) in [5.41, 5.74) is -0.210. The van der Waals surface area contributed by atoms with Gasteiger partial charge in [-0.25, -0.2) is 9.97 Å². The average Bonchev–Trinajstić information content (AvgIpc) is 2.75. The molecule has 4 rings (SSSR count). The number of rotatable bonds is 4. The first-order chi connectivity index (χ1) is 14.4. The van der Waals surface area contributed by atoms with Crippen molar-refractivity contribution < 1.29 is 17.9 Å². The SMILES string of the molecule is COc1cccnc1Cn1c(=O)c(C2CCCCC2)cc2nc(C(F)(F)F)cnc21. The van der Waals surface area contributed by atoms with Gasteiger partial charge >= 0.3 is 6.18 Å². The van der Waals surface area contributed by atoms with Crippen LogP contribution in [-0.4, -0.2) is 26.6 Å². The number of halogens is 3. The van der Waals surface area contributed by atoms with Crippen LogP contribution in [0.1, 0.15) is 55.0 Å². The molecule has 3 heterocycles. The summed E-state index contributed by atoms with van der Waals surface area (Å²) in [6.07, 6.45) is 2.37. The predicted octanol–water partition coefficient (Wildman–Crippen LogP) is 4.31. The predicted molar refractivity (Wildman–Crippen MR) is 105 cm³/mol. The molecule has 0 radical (unpaired) electrons. The van der Waals surface area contributed by atoms with E-state index in [1.54, 1.807) is 18.3 Å². The van der Waals surface area contributed by atoms with Crippen molar-refractivity contribution in [2.45, 2.75) is 50.7 Å². The van der Waals surface area contributed by atoms with Gasteiger partial charge in [0.25, 0.3) is 5.56 Å². The van der Waals surface area contributed by atoms with E-state index in [-0.39, 0.29) is 29.2 Å². The van der Waals surface area contributed by atoms with Crippen molar-refractivity contribution in [2.75, 3.05) is 7.11 Å². The lowest BCUT2D eigenvalue weighted by Crippen LogP contribution is -2.28. The molecule has 3 aromatic heterocycles. The van der Waals surface area contributed by atoms with Crippen LogP contribution in [0, 0.1) is 0 Å². The Hall–Kier alpha value is -2.97. The van der Waals surface area contributed by atoms with Crippen LogP contribution in [0.25, 0.3) is 11.2 Å². The summed E-state index contributed by atoms with van der Waals surface area (Å²) in [5.74, 6) is 0.490. The highest BCUT2D eigenvalue weighted by molar-refractivity contribution is 5.71. The van der Waals surface area contributed by atoms with E-state index in [4.69, 9.17) is 4.74 Å². The summed E-state index contributed by atoms with van der Waals surface area (Å²) in [4.78, 5) is 25.4. The maximum atomic E-state index is 13.4. The van der Waals surface area contributed by atoms with Crippen LogP contribution in [0.15, 0.2) is 35.4 Å². The zero-order valence-corrected chi connectivity index (χ0v) is 16.4. The Kier molecular flexibility index (Phi) is 5.44. The Morgan fingerprint density at radius 1 is 1.20 bits per heavy atom. The smallest absolute Gasteiger partial charge is 0.434 e. The molecule has 0 amide bonds. The number of hydrogen-bond acceptors (Lipinski definition) is 5. The molecule has 1 aliphatic rings. The van der Waals surface area contributed by atoms with Gasteiger partial charge in [-0.2, -0.15) is 13.2 Å². The minimum atomic E-state index is -4.61. The van der Waals surface area contributed by atoms with Crippen molar-refractivity contribution in [3.05, 3.63) is 57.9 Å². The molecule has 0 atom stereocenters. The first kappa shape index (κ1) is 20.3. The molecule has 30 heavy (non-hydrogen) atoms. The zero-order valence-electron chi connectivity index (χ0n) is 16.4. The average molecular weight is 418 g/mol. The van der Waals surface area contributed by atoms with E-state index in [0.717, 1.165) is 32.1 Å². The number of fused-ring (bicyclic) bond motifs is 1. The van der Waals surface area contributed by atoms with Crippen molar-refractivity contribution in [1.29, 1.82) is 0 Å². The number of aromatic nitrogens is 4. The summed E-state index contributed by atoms with van der Waals surface area (Å²) in [7, 11) is 1.50. The standard InChI is InChI=1S/C21H21F3N4O2/c1-30-17-8-5-9-25-16(17)12-28-19-15(27-18(11-26-19)21(22,23)24)10-14(20(28)29)13-6-3-2-4-7-13/h5,8-11,13H,2-4,6-7,12H2,1H3. The lowest BCUT2D eigenvalue weighted by atomic mass is 9.84. The van der Waals surface area contributed by atoms with Crippen LogP contribution in [0.2, 0.25) is 0 Å². The van der Waals surface area contributed by atoms with Gasteiger partial charge in [0, 0.05) is 11.8 Å². The van der Waals surface area contributed by atoms with Gasteiger partial charge in [-0.3, -0.25) is 14.3 Å². The molecule has 6 nitrogen and oxygen atoms in total. The van der Waals surface area contributed by atoms with Crippen LogP contribution in [-0.2, 0) is 12.7 Å². The largest absolute Gasteiger partial charge is 0.495 e. The third kappa shape index (κ3) is 3.88. The Bertz CT molecular complexity index is 1120. The van der Waals surface area contributed by atoms with Gasteiger partial charge < -0.3 is 4.74 Å². The van der Waals surface area contributed by atoms with Gasteiger partial charge in [-0.05, 0) is 37.0 Å². The van der Waals surface area contributed by atoms with Crippen LogP contribution >= 0.6 is 0 Å². The third-order valence-corrected chi connectivity index (χ3v) is 5.53. The number of hydrogen-bond donors (Lipinski definition) is 0. The highest BCUT2D eigenvalue weighted by Crippen LogP contribution is 2.33. The fourth-order valence-corrected chi connectivity index (χ4v) is 4.03. The molecule has 0 N–H and O–H groups in total. The summed E-state index contributed by atoms with van der Waals surface area (Å²) in [5, 5.41) is 0. The van der Waals surface area contributed by atoms with Gasteiger partial charge in [0.2, 0.25) is 0 Å². The van der Waals surface area contributed by atoms with E-state index < -0.39 is 11.9 Å². The molecule has 1 saturated carbocycles. The highest BCUT2D eigenvalue weighted by atomic mass is 19.4. The molecule has 3 aromatic rings. The fraction of sp³-hybridized carbons (Fsp3) is 0.429. The third-order valence-electron chi connectivity index (χ3n) is 5.53. The maximum absolute atomic E-state index is 13.4. The van der Waals surface area contributed by atoms with Crippen LogP contribution in [0.3, 0.4) is 0 Å². The first-order valence-corrected chi connectivity index (χ1v) is 9.84. The molecular weight excluding hydrogens is 397 g/mol. The molecule has 1 fully saturated rings. The normalized spacial score (nSPS) is 15.5. The Morgan fingerprint density at radius 3 is 2.67 bits per heavy atom. The number of pyridine rings is 2. The van der Waals surface area contributed by atoms with E-state index >= 15 is 0 Å². The Labute approximate surface area is 170 Å². The lowest BCUT2D eigenvalue weighted by molar-refractivity contribution is -0.141. The van der Waals surface area contributed by atoms with Crippen molar-refractivity contribution in [3.8, 4) is 5.75 Å². The Morgan fingerprint density at radius 2 is 1.97 bits per heavy atom. The van der Waals surface area contributed by atoms with Crippen LogP contribution in [0.5, 0.6) is 5.75 Å². The van der Waals surface area contributed by atoms with E-state index in [1.165, 1.54) is 17.7 Å². The summed E-state index contributed by atoms with van der Waals surface area (Å²) in [6.45, 7) is 0.0277. The van der Waals surface area contributed by atoms with Crippen molar-refractivity contribution in [1.82, 2.24) is 19.5 Å². The minimum Gasteiger partial charge on any atom is -0.495 e. The molecule has 1 aliphatic carbocycles. The highest BCUT2D eigenvalue weighted by Gasteiger charge is 2.33. The van der Waals surface area contributed by atoms with Crippen LogP contribution < -0.4 is 10.3 Å².